The van der Waals surface area contributed by atoms with Gasteiger partial charge in [0.05, 0.1) is 24.3 Å². The smallest absolute Gasteiger partial charge is 0.109 e. The van der Waals surface area contributed by atoms with Crippen molar-refractivity contribution < 1.29 is 25.5 Å². The molecule has 2 fully saturated rings. The summed E-state index contributed by atoms with van der Waals surface area (Å²) in [6.45, 7) is 2.32. The molecule has 0 aromatic rings. The van der Waals surface area contributed by atoms with E-state index in [2.05, 4.69) is 0 Å². The van der Waals surface area contributed by atoms with E-state index in [1.165, 1.54) is 0 Å². The Bertz CT molecular complexity index is 347. The van der Waals surface area contributed by atoms with Crippen molar-refractivity contribution in [2.24, 2.45) is 0 Å². The summed E-state index contributed by atoms with van der Waals surface area (Å²) in [6.07, 6.45) is 2.04. The highest BCUT2D eigenvalue weighted by molar-refractivity contribution is 5.08. The molecule has 1 unspecified atom stereocenters. The Morgan fingerprint density at radius 2 is 1.64 bits per heavy atom. The minimum absolute atomic E-state index is 0.304. The van der Waals surface area contributed by atoms with Crippen molar-refractivity contribution in [3.05, 3.63) is 0 Å². The lowest BCUT2D eigenvalue weighted by Gasteiger charge is -2.55. The first-order valence-electron chi connectivity index (χ1n) is 8.59. The van der Waals surface area contributed by atoms with Gasteiger partial charge >= 0.3 is 0 Å². The van der Waals surface area contributed by atoms with Gasteiger partial charge in [-0.05, 0) is 25.8 Å². The van der Waals surface area contributed by atoms with Gasteiger partial charge in [0, 0.05) is 0 Å². The molecule has 2 rings (SSSR count). The summed E-state index contributed by atoms with van der Waals surface area (Å²) in [5.74, 6) is 0. The number of rotatable bonds is 5. The minimum atomic E-state index is -1.34. The number of nitrogens with zero attached hydrogens (tertiary/aromatic N) is 1. The van der Waals surface area contributed by atoms with E-state index in [9.17, 15) is 25.5 Å². The molecule has 6 heteroatoms. The lowest BCUT2D eigenvalue weighted by Crippen LogP contribution is -2.73. The maximum Gasteiger partial charge on any atom is 0.109 e. The second-order valence-corrected chi connectivity index (χ2v) is 6.92. The van der Waals surface area contributed by atoms with Crippen LogP contribution in [-0.2, 0) is 0 Å². The molecule has 0 spiro atoms. The number of likely N-dealkylation sites (tertiary alicyclic amines) is 1. The fraction of sp³-hybridized carbons (Fsp3) is 1.00. The fourth-order valence-electron chi connectivity index (χ4n) is 4.16. The van der Waals surface area contributed by atoms with Crippen molar-refractivity contribution in [1.29, 1.82) is 0 Å². The van der Waals surface area contributed by atoms with Gasteiger partial charge in [-0.1, -0.05) is 32.6 Å². The van der Waals surface area contributed by atoms with Gasteiger partial charge < -0.3 is 25.5 Å². The van der Waals surface area contributed by atoms with Crippen molar-refractivity contribution in [2.45, 2.75) is 87.9 Å². The Kier molecular flexibility index (Phi) is 6.22. The van der Waals surface area contributed by atoms with E-state index in [0.717, 1.165) is 32.1 Å². The van der Waals surface area contributed by atoms with Crippen molar-refractivity contribution in [3.63, 3.8) is 0 Å². The van der Waals surface area contributed by atoms with Gasteiger partial charge in [0.2, 0.25) is 0 Å². The number of hydrogen-bond acceptors (Lipinski definition) is 6. The molecule has 0 aromatic carbocycles. The third kappa shape index (κ3) is 3.32. The summed E-state index contributed by atoms with van der Waals surface area (Å²) in [6, 6.07) is -1.30. The summed E-state index contributed by atoms with van der Waals surface area (Å²) in [4.78, 5) is 1.83. The molecule has 5 atom stereocenters. The summed E-state index contributed by atoms with van der Waals surface area (Å²) in [5.41, 5.74) is -1.07. The highest BCUT2D eigenvalue weighted by Crippen LogP contribution is 2.39. The zero-order valence-corrected chi connectivity index (χ0v) is 13.4. The second kappa shape index (κ2) is 7.55. The SMILES string of the molecule is CCCCN1C(C2(O)CCCCC2)[C@H](O)[C@@H](O)[C@H](O)[C@H]1CO. The van der Waals surface area contributed by atoms with E-state index in [4.69, 9.17) is 0 Å². The van der Waals surface area contributed by atoms with Gasteiger partial charge in [0.1, 0.15) is 18.3 Å². The fourth-order valence-corrected chi connectivity index (χ4v) is 4.16. The number of hydrogen-bond donors (Lipinski definition) is 5. The van der Waals surface area contributed by atoms with Gasteiger partial charge in [-0.25, -0.2) is 0 Å². The van der Waals surface area contributed by atoms with Crippen molar-refractivity contribution >= 4 is 0 Å². The highest BCUT2D eigenvalue weighted by atomic mass is 16.4. The third-order valence-corrected chi connectivity index (χ3v) is 5.43. The van der Waals surface area contributed by atoms with Crippen LogP contribution in [0.25, 0.3) is 0 Å². The van der Waals surface area contributed by atoms with Gasteiger partial charge in [-0.2, -0.15) is 0 Å². The van der Waals surface area contributed by atoms with Crippen LogP contribution in [0.5, 0.6) is 0 Å². The monoisotopic (exact) mass is 317 g/mol. The first kappa shape index (κ1) is 18.1. The first-order valence-corrected chi connectivity index (χ1v) is 8.59. The molecule has 2 aliphatic rings. The van der Waals surface area contributed by atoms with Crippen LogP contribution in [0.15, 0.2) is 0 Å². The van der Waals surface area contributed by atoms with Crippen LogP contribution in [-0.4, -0.2) is 79.6 Å². The molecule has 130 valence electrons. The van der Waals surface area contributed by atoms with Gasteiger partial charge in [-0.15, -0.1) is 0 Å². The summed E-state index contributed by atoms with van der Waals surface area (Å²) in [5, 5.41) is 51.6. The number of aliphatic hydroxyl groups excluding tert-OH is 4. The normalized spacial score (nSPS) is 39.8. The average molecular weight is 317 g/mol. The molecule has 1 saturated heterocycles. The predicted molar refractivity (Wildman–Crippen MR) is 82.3 cm³/mol. The third-order valence-electron chi connectivity index (χ3n) is 5.43. The number of piperidine rings is 1. The van der Waals surface area contributed by atoms with Crippen molar-refractivity contribution in [3.8, 4) is 0 Å². The van der Waals surface area contributed by atoms with Crippen LogP contribution in [0.1, 0.15) is 51.9 Å². The largest absolute Gasteiger partial charge is 0.395 e. The van der Waals surface area contributed by atoms with Crippen LogP contribution in [0, 0.1) is 0 Å². The number of unbranched alkanes of at least 4 members (excludes halogenated alkanes) is 1. The Morgan fingerprint density at radius 1 is 1.00 bits per heavy atom. The molecular formula is C16H31NO5. The van der Waals surface area contributed by atoms with Crippen LogP contribution in [0.3, 0.4) is 0 Å². The average Bonchev–Trinajstić information content (AvgIpc) is 2.51. The van der Waals surface area contributed by atoms with E-state index in [-0.39, 0.29) is 6.61 Å². The number of aliphatic hydroxyl groups is 5. The molecule has 1 saturated carbocycles. The Hall–Kier alpha value is -0.240. The molecule has 6 nitrogen and oxygen atoms in total. The predicted octanol–water partition coefficient (Wildman–Crippen LogP) is -0.391. The summed E-state index contributed by atoms with van der Waals surface area (Å²) >= 11 is 0. The lowest BCUT2D eigenvalue weighted by atomic mass is 9.72. The molecule has 1 aliphatic heterocycles. The molecule has 22 heavy (non-hydrogen) atoms. The van der Waals surface area contributed by atoms with E-state index in [1.54, 1.807) is 0 Å². The zero-order valence-electron chi connectivity index (χ0n) is 13.4. The Balaban J connectivity index is 2.30. The van der Waals surface area contributed by atoms with Gasteiger partial charge in [0.25, 0.3) is 0 Å². The van der Waals surface area contributed by atoms with Crippen LogP contribution in [0.4, 0.5) is 0 Å². The standard InChI is InChI=1S/C16H31NO5/c1-2-3-9-17-11(10-18)12(19)13(20)14(21)15(17)16(22)7-5-4-6-8-16/h11-15,18-22H,2-10H2,1H3/t11-,12-,13+,14-,15?/m1/s1. The summed E-state index contributed by atoms with van der Waals surface area (Å²) < 4.78 is 0. The first-order chi connectivity index (χ1) is 10.5. The Morgan fingerprint density at radius 3 is 2.18 bits per heavy atom. The summed E-state index contributed by atoms with van der Waals surface area (Å²) in [7, 11) is 0. The maximum atomic E-state index is 11.1. The lowest BCUT2D eigenvalue weighted by molar-refractivity contribution is -0.217. The van der Waals surface area contributed by atoms with Crippen LogP contribution in [0.2, 0.25) is 0 Å². The van der Waals surface area contributed by atoms with Gasteiger partial charge in [0.15, 0.2) is 0 Å². The minimum Gasteiger partial charge on any atom is -0.395 e. The van der Waals surface area contributed by atoms with Gasteiger partial charge in [-0.3, -0.25) is 4.90 Å². The Labute approximate surface area is 132 Å². The van der Waals surface area contributed by atoms with E-state index in [1.807, 2.05) is 11.8 Å². The quantitative estimate of drug-likeness (QED) is 0.473. The van der Waals surface area contributed by atoms with Crippen molar-refractivity contribution in [1.82, 2.24) is 4.90 Å². The van der Waals surface area contributed by atoms with Crippen LogP contribution < -0.4 is 0 Å². The molecule has 0 amide bonds. The topological polar surface area (TPSA) is 104 Å². The maximum absolute atomic E-state index is 11.1. The molecule has 0 bridgehead atoms. The van der Waals surface area contributed by atoms with E-state index < -0.39 is 36.0 Å². The second-order valence-electron chi connectivity index (χ2n) is 6.92. The molecular weight excluding hydrogens is 286 g/mol. The molecule has 0 aromatic heterocycles. The van der Waals surface area contributed by atoms with E-state index in [0.29, 0.717) is 19.4 Å². The molecule has 5 N–H and O–H groups in total. The van der Waals surface area contributed by atoms with Crippen LogP contribution >= 0.6 is 0 Å². The van der Waals surface area contributed by atoms with E-state index >= 15 is 0 Å². The molecule has 0 radical (unpaired) electrons. The van der Waals surface area contributed by atoms with Crippen molar-refractivity contribution in [2.75, 3.05) is 13.2 Å². The molecule has 1 heterocycles. The highest BCUT2D eigenvalue weighted by Gasteiger charge is 2.54. The molecule has 1 aliphatic carbocycles. The zero-order chi connectivity index (χ0) is 16.3.